The Balaban J connectivity index is 1.56. The lowest BCUT2D eigenvalue weighted by molar-refractivity contribution is -0.116. The molecule has 0 atom stereocenters. The van der Waals surface area contributed by atoms with Gasteiger partial charge in [0.25, 0.3) is 0 Å². The summed E-state index contributed by atoms with van der Waals surface area (Å²) >= 11 is 0. The van der Waals surface area contributed by atoms with E-state index in [1.165, 1.54) is 21.8 Å². The summed E-state index contributed by atoms with van der Waals surface area (Å²) in [5.74, 6) is -0.128. The molecule has 0 aliphatic rings. The van der Waals surface area contributed by atoms with Crippen LogP contribution in [-0.2, 0) is 17.9 Å². The molecule has 0 radical (unpaired) electrons. The third kappa shape index (κ3) is 3.47. The van der Waals surface area contributed by atoms with Gasteiger partial charge in [0.15, 0.2) is 0 Å². The first kappa shape index (κ1) is 17.0. The lowest BCUT2D eigenvalue weighted by atomic mass is 10.1. The van der Waals surface area contributed by atoms with Crippen LogP contribution in [0.2, 0.25) is 0 Å². The molecule has 0 bridgehead atoms. The van der Waals surface area contributed by atoms with Crippen LogP contribution in [0.15, 0.2) is 72.9 Å². The molecule has 27 heavy (non-hydrogen) atoms. The summed E-state index contributed by atoms with van der Waals surface area (Å²) < 4.78 is 2.32. The minimum Gasteiger partial charge on any atom is -0.347 e. The molecule has 0 saturated carbocycles. The maximum Gasteiger partial charge on any atom is 0.244 e. The van der Waals surface area contributed by atoms with E-state index in [-0.39, 0.29) is 5.91 Å². The van der Waals surface area contributed by atoms with Crippen LogP contribution >= 0.6 is 0 Å². The molecular formula is C23H21N3O. The third-order valence-electron chi connectivity index (χ3n) is 4.71. The van der Waals surface area contributed by atoms with Crippen molar-refractivity contribution in [3.63, 3.8) is 0 Å². The Morgan fingerprint density at radius 3 is 2.67 bits per heavy atom. The van der Waals surface area contributed by atoms with Crippen molar-refractivity contribution in [2.45, 2.75) is 20.0 Å². The number of carbonyl (C=O) groups excluding carboxylic acids is 1. The Bertz CT molecular complexity index is 1130. The number of pyridine rings is 1. The number of rotatable bonds is 5. The monoisotopic (exact) mass is 355 g/mol. The molecule has 0 spiro atoms. The van der Waals surface area contributed by atoms with Crippen LogP contribution in [0.5, 0.6) is 0 Å². The molecule has 0 aliphatic carbocycles. The van der Waals surface area contributed by atoms with Crippen LogP contribution in [0, 0.1) is 0 Å². The minimum absolute atomic E-state index is 0.128. The van der Waals surface area contributed by atoms with Gasteiger partial charge in [0.05, 0.1) is 12.2 Å². The fourth-order valence-electron chi connectivity index (χ4n) is 3.43. The topological polar surface area (TPSA) is 46.9 Å². The Morgan fingerprint density at radius 2 is 1.85 bits per heavy atom. The number of nitrogens with one attached hydrogen (secondary N) is 1. The van der Waals surface area contributed by atoms with E-state index in [0.717, 1.165) is 17.8 Å². The zero-order valence-electron chi connectivity index (χ0n) is 15.2. The van der Waals surface area contributed by atoms with Crippen LogP contribution in [0.1, 0.15) is 18.2 Å². The molecule has 4 rings (SSSR count). The first-order valence-corrected chi connectivity index (χ1v) is 9.13. The SMILES string of the molecule is CCn1c2ccccc2c2cc(/C=C/C(=O)NCc3ccccn3)ccc21. The van der Waals surface area contributed by atoms with E-state index in [9.17, 15) is 4.79 Å². The molecule has 0 fully saturated rings. The quantitative estimate of drug-likeness (QED) is 0.534. The standard InChI is InChI=1S/C23H21N3O/c1-2-26-21-9-4-3-8-19(21)20-15-17(10-12-22(20)26)11-13-23(27)25-16-18-7-5-6-14-24-18/h3-15H,2,16H2,1H3,(H,25,27)/b13-11+. The van der Waals surface area contributed by atoms with Crippen molar-refractivity contribution in [2.75, 3.05) is 0 Å². The van der Waals surface area contributed by atoms with Crippen LogP contribution in [0.3, 0.4) is 0 Å². The molecule has 0 unspecified atom stereocenters. The molecule has 2 aromatic heterocycles. The normalized spacial score (nSPS) is 11.4. The molecular weight excluding hydrogens is 334 g/mol. The van der Waals surface area contributed by atoms with Crippen molar-refractivity contribution in [3.8, 4) is 0 Å². The highest BCUT2D eigenvalue weighted by atomic mass is 16.1. The zero-order chi connectivity index (χ0) is 18.6. The van der Waals surface area contributed by atoms with Gasteiger partial charge in [0.2, 0.25) is 5.91 Å². The second kappa shape index (κ2) is 7.46. The average molecular weight is 355 g/mol. The highest BCUT2D eigenvalue weighted by Crippen LogP contribution is 2.29. The summed E-state index contributed by atoms with van der Waals surface area (Å²) in [5.41, 5.74) is 4.31. The van der Waals surface area contributed by atoms with Crippen molar-refractivity contribution in [1.82, 2.24) is 14.9 Å². The number of aryl methyl sites for hydroxylation is 1. The number of benzene rings is 2. The summed E-state index contributed by atoms with van der Waals surface area (Å²) in [7, 11) is 0. The second-order valence-electron chi connectivity index (χ2n) is 6.41. The average Bonchev–Trinajstić information content (AvgIpc) is 3.04. The maximum atomic E-state index is 12.1. The Labute approximate surface area is 158 Å². The van der Waals surface area contributed by atoms with Gasteiger partial charge in [0.1, 0.15) is 0 Å². The van der Waals surface area contributed by atoms with Crippen molar-refractivity contribution >= 4 is 33.8 Å². The van der Waals surface area contributed by atoms with Crippen molar-refractivity contribution in [2.24, 2.45) is 0 Å². The Morgan fingerprint density at radius 1 is 1.04 bits per heavy atom. The Kier molecular flexibility index (Phi) is 4.71. The summed E-state index contributed by atoms with van der Waals surface area (Å²) in [5, 5.41) is 5.31. The molecule has 1 amide bonds. The fraction of sp³-hybridized carbons (Fsp3) is 0.130. The van der Waals surface area contributed by atoms with Gasteiger partial charge in [-0.1, -0.05) is 30.3 Å². The number of carbonyl (C=O) groups is 1. The smallest absolute Gasteiger partial charge is 0.244 e. The van der Waals surface area contributed by atoms with Gasteiger partial charge in [-0.3, -0.25) is 9.78 Å². The zero-order valence-corrected chi connectivity index (χ0v) is 15.2. The van der Waals surface area contributed by atoms with Gasteiger partial charge in [0, 0.05) is 40.6 Å². The number of aromatic nitrogens is 2. The fourth-order valence-corrected chi connectivity index (χ4v) is 3.43. The third-order valence-corrected chi connectivity index (χ3v) is 4.71. The van der Waals surface area contributed by atoms with Crippen molar-refractivity contribution in [3.05, 3.63) is 84.2 Å². The molecule has 4 heteroatoms. The largest absolute Gasteiger partial charge is 0.347 e. The molecule has 1 N–H and O–H groups in total. The summed E-state index contributed by atoms with van der Waals surface area (Å²) in [6.07, 6.45) is 5.15. The number of nitrogens with zero attached hydrogens (tertiary/aromatic N) is 2. The maximum absolute atomic E-state index is 12.1. The van der Waals surface area contributed by atoms with Gasteiger partial charge in [-0.2, -0.15) is 0 Å². The van der Waals surface area contributed by atoms with E-state index in [2.05, 4.69) is 64.3 Å². The molecule has 4 nitrogen and oxygen atoms in total. The van der Waals surface area contributed by atoms with E-state index in [1.54, 1.807) is 12.3 Å². The molecule has 134 valence electrons. The lowest BCUT2D eigenvalue weighted by Gasteiger charge is -2.03. The Hall–Kier alpha value is -3.40. The van der Waals surface area contributed by atoms with E-state index >= 15 is 0 Å². The first-order chi connectivity index (χ1) is 13.3. The molecule has 2 heterocycles. The first-order valence-electron chi connectivity index (χ1n) is 9.13. The van der Waals surface area contributed by atoms with Gasteiger partial charge >= 0.3 is 0 Å². The van der Waals surface area contributed by atoms with Crippen LogP contribution in [0.25, 0.3) is 27.9 Å². The summed E-state index contributed by atoms with van der Waals surface area (Å²) in [4.78, 5) is 16.3. The van der Waals surface area contributed by atoms with Crippen LogP contribution in [0.4, 0.5) is 0 Å². The molecule has 0 aliphatic heterocycles. The molecule has 0 saturated heterocycles. The predicted molar refractivity (Wildman–Crippen MR) is 110 cm³/mol. The van der Waals surface area contributed by atoms with E-state index in [4.69, 9.17) is 0 Å². The van der Waals surface area contributed by atoms with Crippen LogP contribution in [-0.4, -0.2) is 15.5 Å². The highest BCUT2D eigenvalue weighted by Gasteiger charge is 2.09. The number of hydrogen-bond acceptors (Lipinski definition) is 2. The second-order valence-corrected chi connectivity index (χ2v) is 6.41. The van der Waals surface area contributed by atoms with Gasteiger partial charge in [-0.05, 0) is 48.9 Å². The predicted octanol–water partition coefficient (Wildman–Crippen LogP) is 4.54. The molecule has 4 aromatic rings. The number of para-hydroxylation sites is 1. The number of fused-ring (bicyclic) bond motifs is 3. The van der Waals surface area contributed by atoms with Gasteiger partial charge < -0.3 is 9.88 Å². The molecule has 2 aromatic carbocycles. The number of amides is 1. The minimum atomic E-state index is -0.128. The van der Waals surface area contributed by atoms with Crippen molar-refractivity contribution in [1.29, 1.82) is 0 Å². The summed E-state index contributed by atoms with van der Waals surface area (Å²) in [6, 6.07) is 20.4. The number of hydrogen-bond donors (Lipinski definition) is 1. The van der Waals surface area contributed by atoms with Gasteiger partial charge in [-0.15, -0.1) is 0 Å². The van der Waals surface area contributed by atoms with Gasteiger partial charge in [-0.25, -0.2) is 0 Å². The lowest BCUT2D eigenvalue weighted by Crippen LogP contribution is -2.20. The van der Waals surface area contributed by atoms with E-state index < -0.39 is 0 Å². The highest BCUT2D eigenvalue weighted by molar-refractivity contribution is 6.08. The van der Waals surface area contributed by atoms with E-state index in [0.29, 0.717) is 6.54 Å². The van der Waals surface area contributed by atoms with Crippen LogP contribution < -0.4 is 5.32 Å². The van der Waals surface area contributed by atoms with Crippen molar-refractivity contribution < 1.29 is 4.79 Å². The van der Waals surface area contributed by atoms with E-state index in [1.807, 2.05) is 24.3 Å². The summed E-state index contributed by atoms with van der Waals surface area (Å²) in [6.45, 7) is 3.51.